The predicted octanol–water partition coefficient (Wildman–Crippen LogP) is 5.70. The summed E-state index contributed by atoms with van der Waals surface area (Å²) in [6.45, 7) is 2.14. The molecule has 1 unspecified atom stereocenters. The van der Waals surface area contributed by atoms with Gasteiger partial charge in [0.2, 0.25) is 0 Å². The van der Waals surface area contributed by atoms with E-state index in [9.17, 15) is 0 Å². The molecule has 0 aliphatic heterocycles. The van der Waals surface area contributed by atoms with Gasteiger partial charge in [-0.1, -0.05) is 23.7 Å². The van der Waals surface area contributed by atoms with Gasteiger partial charge in [-0.25, -0.2) is 4.98 Å². The van der Waals surface area contributed by atoms with Crippen molar-refractivity contribution in [3.8, 4) is 10.6 Å². The lowest BCUT2D eigenvalue weighted by atomic mass is 10.2. The fraction of sp³-hybridized carbons (Fsp3) is 0.133. The number of nitrogens with zero attached hydrogens (tertiary/aromatic N) is 1. The van der Waals surface area contributed by atoms with E-state index >= 15 is 0 Å². The fourth-order valence-electron chi connectivity index (χ4n) is 1.99. The summed E-state index contributed by atoms with van der Waals surface area (Å²) in [4.78, 5) is 5.57. The smallest absolute Gasteiger partial charge is 0.123 e. The number of benzene rings is 1. The van der Waals surface area contributed by atoms with Crippen molar-refractivity contribution in [3.05, 3.63) is 57.2 Å². The molecule has 0 saturated carbocycles. The number of hydrogen-bond donors (Lipinski definition) is 1. The zero-order valence-electron chi connectivity index (χ0n) is 10.8. The number of rotatable bonds is 4. The second-order valence-electron chi connectivity index (χ2n) is 4.43. The molecule has 20 heavy (non-hydrogen) atoms. The lowest BCUT2D eigenvalue weighted by Gasteiger charge is -2.14. The predicted molar refractivity (Wildman–Crippen MR) is 88.9 cm³/mol. The van der Waals surface area contributed by atoms with E-state index in [-0.39, 0.29) is 6.04 Å². The van der Waals surface area contributed by atoms with Crippen molar-refractivity contribution in [2.45, 2.75) is 13.0 Å². The second kappa shape index (κ2) is 5.95. The van der Waals surface area contributed by atoms with E-state index in [1.165, 1.54) is 4.88 Å². The number of thiophene rings is 1. The van der Waals surface area contributed by atoms with Crippen LogP contribution in [-0.4, -0.2) is 4.98 Å². The van der Waals surface area contributed by atoms with Gasteiger partial charge in [0.15, 0.2) is 0 Å². The maximum absolute atomic E-state index is 5.98. The number of nitrogens with one attached hydrogen (secondary N) is 1. The van der Waals surface area contributed by atoms with E-state index in [0.29, 0.717) is 0 Å². The first-order chi connectivity index (χ1) is 9.72. The van der Waals surface area contributed by atoms with Gasteiger partial charge in [0.25, 0.3) is 0 Å². The van der Waals surface area contributed by atoms with E-state index in [1.54, 1.807) is 22.7 Å². The number of halogens is 1. The number of aromatic nitrogens is 1. The average molecular weight is 321 g/mol. The summed E-state index contributed by atoms with van der Waals surface area (Å²) < 4.78 is 0.824. The van der Waals surface area contributed by atoms with Crippen molar-refractivity contribution in [2.24, 2.45) is 0 Å². The van der Waals surface area contributed by atoms with E-state index in [4.69, 9.17) is 11.6 Å². The Morgan fingerprint density at radius 3 is 2.85 bits per heavy atom. The van der Waals surface area contributed by atoms with Crippen LogP contribution < -0.4 is 5.32 Å². The molecule has 0 amide bonds. The highest BCUT2D eigenvalue weighted by Crippen LogP contribution is 2.30. The van der Waals surface area contributed by atoms with Gasteiger partial charge in [-0.15, -0.1) is 22.7 Å². The van der Waals surface area contributed by atoms with Crippen LogP contribution in [0, 0.1) is 0 Å². The third kappa shape index (κ3) is 3.03. The van der Waals surface area contributed by atoms with E-state index in [1.807, 2.05) is 23.7 Å². The minimum Gasteiger partial charge on any atom is -0.378 e. The molecule has 0 fully saturated rings. The van der Waals surface area contributed by atoms with Crippen LogP contribution in [0.15, 0.2) is 48.0 Å². The molecular formula is C15H13ClN2S2. The van der Waals surface area contributed by atoms with Crippen molar-refractivity contribution in [2.75, 3.05) is 5.32 Å². The summed E-state index contributed by atoms with van der Waals surface area (Å²) in [6.07, 6.45) is 1.83. The van der Waals surface area contributed by atoms with Crippen LogP contribution in [-0.2, 0) is 0 Å². The summed E-state index contributed by atoms with van der Waals surface area (Å²) in [5, 5.41) is 6.54. The lowest BCUT2D eigenvalue weighted by Crippen LogP contribution is -2.04. The Morgan fingerprint density at radius 1 is 1.25 bits per heavy atom. The van der Waals surface area contributed by atoms with Crippen molar-refractivity contribution < 1.29 is 0 Å². The SMILES string of the molecule is CC(Nc1cccc(-c2nccs2)c1)c1ccc(Cl)s1. The van der Waals surface area contributed by atoms with Crippen LogP contribution in [0.1, 0.15) is 17.8 Å². The van der Waals surface area contributed by atoms with Crippen molar-refractivity contribution in [1.29, 1.82) is 0 Å². The summed E-state index contributed by atoms with van der Waals surface area (Å²) in [7, 11) is 0. The molecule has 5 heteroatoms. The summed E-state index contributed by atoms with van der Waals surface area (Å²) in [5.41, 5.74) is 2.23. The molecule has 1 atom stereocenters. The van der Waals surface area contributed by atoms with E-state index in [2.05, 4.69) is 41.5 Å². The van der Waals surface area contributed by atoms with Gasteiger partial charge in [0.05, 0.1) is 10.4 Å². The Hall–Kier alpha value is -1.36. The largest absolute Gasteiger partial charge is 0.378 e. The molecule has 0 saturated heterocycles. The Labute approximate surface area is 131 Å². The quantitative estimate of drug-likeness (QED) is 0.667. The van der Waals surface area contributed by atoms with Crippen molar-refractivity contribution in [3.63, 3.8) is 0 Å². The lowest BCUT2D eigenvalue weighted by molar-refractivity contribution is 0.908. The monoisotopic (exact) mass is 320 g/mol. The molecule has 0 aliphatic rings. The highest BCUT2D eigenvalue weighted by atomic mass is 35.5. The molecular weight excluding hydrogens is 308 g/mol. The number of thiazole rings is 1. The highest BCUT2D eigenvalue weighted by molar-refractivity contribution is 7.16. The molecule has 0 radical (unpaired) electrons. The molecule has 2 heterocycles. The zero-order chi connectivity index (χ0) is 13.9. The second-order valence-corrected chi connectivity index (χ2v) is 7.07. The first kappa shape index (κ1) is 13.6. The standard InChI is InChI=1S/C15H13ClN2S2/c1-10(13-5-6-14(16)20-13)18-12-4-2-3-11(9-12)15-17-7-8-19-15/h2-10,18H,1H3. The molecule has 0 spiro atoms. The normalized spacial score (nSPS) is 12.3. The van der Waals surface area contributed by atoms with Crippen LogP contribution in [0.25, 0.3) is 10.6 Å². The highest BCUT2D eigenvalue weighted by Gasteiger charge is 2.09. The maximum Gasteiger partial charge on any atom is 0.123 e. The molecule has 1 aromatic carbocycles. The van der Waals surface area contributed by atoms with Crippen LogP contribution in [0.4, 0.5) is 5.69 Å². The third-order valence-corrected chi connectivity index (χ3v) is 5.18. The Bertz CT molecular complexity index is 691. The van der Waals surface area contributed by atoms with Crippen LogP contribution >= 0.6 is 34.3 Å². The molecule has 2 nitrogen and oxygen atoms in total. The molecule has 3 aromatic rings. The Morgan fingerprint density at radius 2 is 2.15 bits per heavy atom. The van der Waals surface area contributed by atoms with Crippen LogP contribution in [0.2, 0.25) is 4.34 Å². The van der Waals surface area contributed by atoms with Gasteiger partial charge in [0.1, 0.15) is 5.01 Å². The first-order valence-electron chi connectivity index (χ1n) is 6.24. The van der Waals surface area contributed by atoms with Crippen molar-refractivity contribution in [1.82, 2.24) is 4.98 Å². The number of anilines is 1. The maximum atomic E-state index is 5.98. The first-order valence-corrected chi connectivity index (χ1v) is 8.31. The summed E-state index contributed by atoms with van der Waals surface area (Å²) >= 11 is 9.24. The average Bonchev–Trinajstić information content (AvgIpc) is 3.10. The van der Waals surface area contributed by atoms with Gasteiger partial charge in [-0.3, -0.25) is 0 Å². The Kier molecular flexibility index (Phi) is 4.05. The summed E-state index contributed by atoms with van der Waals surface area (Å²) in [6, 6.07) is 12.6. The molecule has 2 aromatic heterocycles. The van der Waals surface area contributed by atoms with Crippen LogP contribution in [0.3, 0.4) is 0 Å². The fourth-order valence-corrected chi connectivity index (χ4v) is 3.69. The minimum absolute atomic E-state index is 0.235. The third-order valence-electron chi connectivity index (χ3n) is 2.95. The molecule has 0 bridgehead atoms. The van der Waals surface area contributed by atoms with Gasteiger partial charge in [0, 0.05) is 27.7 Å². The minimum atomic E-state index is 0.235. The van der Waals surface area contributed by atoms with Gasteiger partial charge >= 0.3 is 0 Å². The van der Waals surface area contributed by atoms with E-state index < -0.39 is 0 Å². The van der Waals surface area contributed by atoms with Gasteiger partial charge in [-0.05, 0) is 31.2 Å². The molecule has 1 N–H and O–H groups in total. The Balaban J connectivity index is 1.79. The molecule has 0 aliphatic carbocycles. The molecule has 102 valence electrons. The van der Waals surface area contributed by atoms with Crippen molar-refractivity contribution >= 4 is 40.0 Å². The topological polar surface area (TPSA) is 24.9 Å². The number of hydrogen-bond acceptors (Lipinski definition) is 4. The van der Waals surface area contributed by atoms with Crippen LogP contribution in [0.5, 0.6) is 0 Å². The zero-order valence-corrected chi connectivity index (χ0v) is 13.2. The van der Waals surface area contributed by atoms with Gasteiger partial charge in [-0.2, -0.15) is 0 Å². The van der Waals surface area contributed by atoms with Gasteiger partial charge < -0.3 is 5.32 Å². The summed E-state index contributed by atoms with van der Waals surface area (Å²) in [5.74, 6) is 0. The molecule has 3 rings (SSSR count). The van der Waals surface area contributed by atoms with E-state index in [0.717, 1.165) is 20.6 Å².